The molecule has 1 amide bonds. The summed E-state index contributed by atoms with van der Waals surface area (Å²) in [7, 11) is 0. The Labute approximate surface area is 158 Å². The zero-order valence-corrected chi connectivity index (χ0v) is 15.9. The second-order valence-electron chi connectivity index (χ2n) is 6.80. The van der Waals surface area contributed by atoms with Gasteiger partial charge in [0, 0.05) is 17.9 Å². The highest BCUT2D eigenvalue weighted by molar-refractivity contribution is 6.28. The maximum atomic E-state index is 12.9. The number of carbonyl (C=O) groups is 1. The number of carbonyl (C=O) groups excluding carboxylic acids is 1. The first kappa shape index (κ1) is 18.6. The maximum absolute atomic E-state index is 12.9. The van der Waals surface area contributed by atoms with Crippen molar-refractivity contribution >= 4 is 29.0 Å². The lowest BCUT2D eigenvalue weighted by atomic mass is 9.95. The molecule has 3 rings (SSSR count). The van der Waals surface area contributed by atoms with Crippen LogP contribution >= 0.6 is 11.6 Å². The van der Waals surface area contributed by atoms with E-state index in [0.717, 1.165) is 42.5 Å². The monoisotopic (exact) mass is 373 g/mol. The highest BCUT2D eigenvalue weighted by atomic mass is 35.5. The second kappa shape index (κ2) is 8.01. The van der Waals surface area contributed by atoms with Crippen molar-refractivity contribution in [2.45, 2.75) is 52.0 Å². The number of anilines is 2. The summed E-state index contributed by atoms with van der Waals surface area (Å²) >= 11 is 5.98. The lowest BCUT2D eigenvalue weighted by molar-refractivity contribution is 0.102. The van der Waals surface area contributed by atoms with Gasteiger partial charge < -0.3 is 5.32 Å². The number of halogens is 1. The lowest BCUT2D eigenvalue weighted by Gasteiger charge is -2.32. The molecule has 0 bridgehead atoms. The third-order valence-corrected chi connectivity index (χ3v) is 5.10. The average molecular weight is 374 g/mol. The number of para-hydroxylation sites is 1. The standard InChI is InChI=1S/C19H24ClN5O/c1-12-7-6-8-13(2)16(12)23-18(26)15-11-22-19(20)24-17(15)25(21)14-9-4-3-5-10-14/h6-8,11,14H,3-5,9-10,21H2,1-2H3,(H,23,26). The Balaban J connectivity index is 1.90. The van der Waals surface area contributed by atoms with Crippen LogP contribution in [-0.4, -0.2) is 21.9 Å². The third kappa shape index (κ3) is 3.97. The molecule has 6 nitrogen and oxygen atoms in total. The van der Waals surface area contributed by atoms with Crippen LogP contribution in [0.2, 0.25) is 5.28 Å². The Morgan fingerprint density at radius 2 is 1.88 bits per heavy atom. The average Bonchev–Trinajstić information content (AvgIpc) is 2.64. The van der Waals surface area contributed by atoms with Crippen molar-refractivity contribution < 1.29 is 4.79 Å². The first-order chi connectivity index (χ1) is 12.5. The molecule has 1 aromatic heterocycles. The molecule has 2 aromatic rings. The number of nitrogens with one attached hydrogen (secondary N) is 1. The fraction of sp³-hybridized carbons (Fsp3) is 0.421. The summed E-state index contributed by atoms with van der Waals surface area (Å²) in [5, 5.41) is 4.64. The van der Waals surface area contributed by atoms with Crippen LogP contribution in [0.4, 0.5) is 11.5 Å². The van der Waals surface area contributed by atoms with E-state index in [0.29, 0.717) is 11.4 Å². The van der Waals surface area contributed by atoms with Crippen molar-refractivity contribution in [1.29, 1.82) is 0 Å². The van der Waals surface area contributed by atoms with E-state index in [1.54, 1.807) is 5.01 Å². The first-order valence-corrected chi connectivity index (χ1v) is 9.29. The summed E-state index contributed by atoms with van der Waals surface area (Å²) in [5.74, 6) is 6.42. The summed E-state index contributed by atoms with van der Waals surface area (Å²) in [4.78, 5) is 21.2. The molecule has 0 radical (unpaired) electrons. The summed E-state index contributed by atoms with van der Waals surface area (Å²) in [6.45, 7) is 3.91. The number of nitrogens with two attached hydrogens (primary N) is 1. The van der Waals surface area contributed by atoms with E-state index >= 15 is 0 Å². The van der Waals surface area contributed by atoms with E-state index in [1.807, 2.05) is 32.0 Å². The molecular formula is C19H24ClN5O. The predicted molar refractivity (Wildman–Crippen MR) is 104 cm³/mol. The van der Waals surface area contributed by atoms with Gasteiger partial charge in [0.05, 0.1) is 0 Å². The quantitative estimate of drug-likeness (QED) is 0.480. The van der Waals surface area contributed by atoms with Gasteiger partial charge in [-0.1, -0.05) is 37.5 Å². The molecule has 1 aliphatic carbocycles. The van der Waals surface area contributed by atoms with Gasteiger partial charge in [-0.3, -0.25) is 9.80 Å². The van der Waals surface area contributed by atoms with Gasteiger partial charge in [0.1, 0.15) is 5.56 Å². The van der Waals surface area contributed by atoms with Crippen molar-refractivity contribution in [3.63, 3.8) is 0 Å². The van der Waals surface area contributed by atoms with Gasteiger partial charge in [-0.25, -0.2) is 10.8 Å². The van der Waals surface area contributed by atoms with Gasteiger partial charge in [0.25, 0.3) is 5.91 Å². The number of amides is 1. The highest BCUT2D eigenvalue weighted by Crippen LogP contribution is 2.28. The van der Waals surface area contributed by atoms with Crippen molar-refractivity contribution in [3.05, 3.63) is 46.4 Å². The number of hydrazine groups is 1. The molecule has 3 N–H and O–H groups in total. The summed E-state index contributed by atoms with van der Waals surface area (Å²) in [5.41, 5.74) is 3.10. The van der Waals surface area contributed by atoms with Gasteiger partial charge in [-0.2, -0.15) is 4.98 Å². The topological polar surface area (TPSA) is 84.1 Å². The molecular weight excluding hydrogens is 350 g/mol. The van der Waals surface area contributed by atoms with Gasteiger partial charge in [-0.05, 0) is 49.4 Å². The van der Waals surface area contributed by atoms with Crippen LogP contribution in [0.15, 0.2) is 24.4 Å². The van der Waals surface area contributed by atoms with E-state index in [4.69, 9.17) is 17.4 Å². The Hall–Kier alpha value is -2.18. The molecule has 0 saturated heterocycles. The van der Waals surface area contributed by atoms with Crippen molar-refractivity contribution in [3.8, 4) is 0 Å². The molecule has 26 heavy (non-hydrogen) atoms. The third-order valence-electron chi connectivity index (χ3n) is 4.92. The molecule has 0 unspecified atom stereocenters. The molecule has 0 spiro atoms. The SMILES string of the molecule is Cc1cccc(C)c1NC(=O)c1cnc(Cl)nc1N(N)C1CCCCC1. The van der Waals surface area contributed by atoms with E-state index in [1.165, 1.54) is 12.6 Å². The van der Waals surface area contributed by atoms with Crippen LogP contribution in [0.1, 0.15) is 53.6 Å². The first-order valence-electron chi connectivity index (χ1n) is 8.91. The minimum Gasteiger partial charge on any atom is -0.321 e. The van der Waals surface area contributed by atoms with Crippen LogP contribution in [0.3, 0.4) is 0 Å². The van der Waals surface area contributed by atoms with Gasteiger partial charge >= 0.3 is 0 Å². The normalized spacial score (nSPS) is 14.9. The van der Waals surface area contributed by atoms with Crippen LogP contribution in [0.5, 0.6) is 0 Å². The van der Waals surface area contributed by atoms with Gasteiger partial charge in [-0.15, -0.1) is 0 Å². The fourth-order valence-electron chi connectivity index (χ4n) is 3.43. The minimum absolute atomic E-state index is 0.0786. The van der Waals surface area contributed by atoms with E-state index < -0.39 is 0 Å². The van der Waals surface area contributed by atoms with Crippen LogP contribution < -0.4 is 16.2 Å². The number of hydrogen-bond donors (Lipinski definition) is 2. The summed E-state index contributed by atoms with van der Waals surface area (Å²) in [6, 6.07) is 6.03. The lowest BCUT2D eigenvalue weighted by Crippen LogP contribution is -2.44. The minimum atomic E-state index is -0.291. The number of rotatable bonds is 4. The number of aromatic nitrogens is 2. The fourth-order valence-corrected chi connectivity index (χ4v) is 3.56. The molecule has 1 fully saturated rings. The Morgan fingerprint density at radius 1 is 1.23 bits per heavy atom. The van der Waals surface area contributed by atoms with Gasteiger partial charge in [0.2, 0.25) is 5.28 Å². The Kier molecular flexibility index (Phi) is 5.74. The van der Waals surface area contributed by atoms with E-state index in [-0.39, 0.29) is 17.2 Å². The molecule has 1 aromatic carbocycles. The molecule has 1 heterocycles. The van der Waals surface area contributed by atoms with Crippen LogP contribution in [0, 0.1) is 13.8 Å². The number of nitrogens with zero attached hydrogens (tertiary/aromatic N) is 3. The second-order valence-corrected chi connectivity index (χ2v) is 7.13. The number of aryl methyl sites for hydroxylation is 2. The molecule has 138 valence electrons. The molecule has 1 aliphatic rings. The van der Waals surface area contributed by atoms with Crippen molar-refractivity contribution in [1.82, 2.24) is 9.97 Å². The van der Waals surface area contributed by atoms with Crippen LogP contribution in [-0.2, 0) is 0 Å². The van der Waals surface area contributed by atoms with E-state index in [2.05, 4.69) is 15.3 Å². The predicted octanol–water partition coefficient (Wildman–Crippen LogP) is 4.01. The van der Waals surface area contributed by atoms with Crippen LogP contribution in [0.25, 0.3) is 0 Å². The number of benzene rings is 1. The Bertz CT molecular complexity index is 784. The highest BCUT2D eigenvalue weighted by Gasteiger charge is 2.25. The van der Waals surface area contributed by atoms with Gasteiger partial charge in [0.15, 0.2) is 5.82 Å². The van der Waals surface area contributed by atoms with E-state index in [9.17, 15) is 4.79 Å². The summed E-state index contributed by atoms with van der Waals surface area (Å²) < 4.78 is 0. The number of hydrogen-bond acceptors (Lipinski definition) is 5. The molecule has 7 heteroatoms. The molecule has 0 atom stereocenters. The molecule has 1 saturated carbocycles. The zero-order chi connectivity index (χ0) is 18.7. The van der Waals surface area contributed by atoms with Crippen molar-refractivity contribution in [2.75, 3.05) is 10.3 Å². The largest absolute Gasteiger partial charge is 0.321 e. The Morgan fingerprint density at radius 3 is 2.54 bits per heavy atom. The maximum Gasteiger partial charge on any atom is 0.261 e. The zero-order valence-electron chi connectivity index (χ0n) is 15.1. The smallest absolute Gasteiger partial charge is 0.261 e. The molecule has 0 aliphatic heterocycles. The summed E-state index contributed by atoms with van der Waals surface area (Å²) in [6.07, 6.45) is 6.87. The van der Waals surface area contributed by atoms with Crippen molar-refractivity contribution in [2.24, 2.45) is 5.84 Å².